The zero-order chi connectivity index (χ0) is 29.4. The molecule has 0 aliphatic carbocycles. The highest BCUT2D eigenvalue weighted by Crippen LogP contribution is 2.52. The molecule has 10 unspecified atom stereocenters. The van der Waals surface area contributed by atoms with Crippen molar-refractivity contribution in [2.45, 2.75) is 106 Å². The van der Waals surface area contributed by atoms with Crippen molar-refractivity contribution in [1.29, 1.82) is 0 Å². The third-order valence-electron chi connectivity index (χ3n) is 8.47. The number of halogens is 2. The summed E-state index contributed by atoms with van der Waals surface area (Å²) in [5, 5.41) is -4.75. The standard InChI is InChI=1S/C24H30F2O13S/c1-9(24(25,26)40(31,32)33)34-13(27)6-7-14(28)36-19-18-16(15-17(37-18)20(19)38-21(15)29)22(30)39-23(2,3)11-8-10-4-5-12(11)35-10/h9-12,15-20H,4-8H2,1-3H3,(H,31,32,33). The van der Waals surface area contributed by atoms with Crippen molar-refractivity contribution in [3.05, 3.63) is 0 Å². The summed E-state index contributed by atoms with van der Waals surface area (Å²) >= 11 is 0. The number of fused-ring (bicyclic) bond motifs is 3. The molecule has 5 fully saturated rings. The fraction of sp³-hybridized carbons (Fsp3) is 0.833. The quantitative estimate of drug-likeness (QED) is 0.214. The number of esters is 4. The molecule has 0 spiro atoms. The van der Waals surface area contributed by atoms with Gasteiger partial charge in [0.05, 0.1) is 25.0 Å². The number of ether oxygens (including phenoxy) is 6. The van der Waals surface area contributed by atoms with E-state index in [1.165, 1.54) is 0 Å². The van der Waals surface area contributed by atoms with Crippen LogP contribution in [0.1, 0.15) is 52.9 Å². The van der Waals surface area contributed by atoms with Crippen molar-refractivity contribution in [3.8, 4) is 0 Å². The molecule has 0 aromatic rings. The number of hydrogen-bond acceptors (Lipinski definition) is 12. The Kier molecular flexibility index (Phi) is 7.15. The van der Waals surface area contributed by atoms with E-state index in [0.717, 1.165) is 19.3 Å². The molecule has 0 aromatic heterocycles. The molecule has 5 aliphatic rings. The third kappa shape index (κ3) is 4.86. The van der Waals surface area contributed by atoms with Crippen LogP contribution in [0.3, 0.4) is 0 Å². The molecule has 5 heterocycles. The second-order valence-corrected chi connectivity index (χ2v) is 12.9. The van der Waals surface area contributed by atoms with E-state index in [9.17, 15) is 36.4 Å². The summed E-state index contributed by atoms with van der Waals surface area (Å²) < 4.78 is 90.0. The molecule has 4 bridgehead atoms. The molecule has 40 heavy (non-hydrogen) atoms. The Bertz CT molecular complexity index is 1200. The van der Waals surface area contributed by atoms with E-state index < -0.39 is 100 Å². The highest BCUT2D eigenvalue weighted by Gasteiger charge is 2.72. The number of carbonyl (C=O) groups excluding carboxylic acids is 4. The van der Waals surface area contributed by atoms with Crippen molar-refractivity contribution in [2.75, 3.05) is 0 Å². The van der Waals surface area contributed by atoms with Crippen molar-refractivity contribution < 1.29 is 69.4 Å². The average Bonchev–Trinajstić information content (AvgIpc) is 3.64. The summed E-state index contributed by atoms with van der Waals surface area (Å²) in [6.45, 7) is 4.13. The Morgan fingerprint density at radius 1 is 1.07 bits per heavy atom. The normalized spacial score (nSPS) is 36.9. The van der Waals surface area contributed by atoms with E-state index in [0.29, 0.717) is 6.92 Å². The SMILES string of the molecule is CC(OC(=O)CCC(=O)OC1C2OC(=O)C3C2OC1C3C(=O)OC(C)(C)C1CC2CCC1O2)C(F)(F)S(=O)(=O)O. The van der Waals surface area contributed by atoms with E-state index in [4.69, 9.17) is 28.2 Å². The Hall–Kier alpha value is -2.43. The maximum Gasteiger partial charge on any atom is 0.405 e. The number of carbonyl (C=O) groups is 4. The zero-order valence-corrected chi connectivity index (χ0v) is 22.6. The van der Waals surface area contributed by atoms with Gasteiger partial charge in [0.2, 0.25) is 0 Å². The van der Waals surface area contributed by atoms with Crippen LogP contribution in [0.15, 0.2) is 0 Å². The summed E-state index contributed by atoms with van der Waals surface area (Å²) in [6, 6.07) is 0. The van der Waals surface area contributed by atoms with E-state index in [2.05, 4.69) is 4.74 Å². The predicted octanol–water partition coefficient (Wildman–Crippen LogP) is 0.919. The van der Waals surface area contributed by atoms with Crippen LogP contribution in [-0.4, -0.2) is 90.4 Å². The van der Waals surface area contributed by atoms with Gasteiger partial charge >= 0.3 is 39.2 Å². The lowest BCUT2D eigenvalue weighted by molar-refractivity contribution is -0.176. The molecule has 224 valence electrons. The lowest BCUT2D eigenvalue weighted by Gasteiger charge is -2.37. The van der Waals surface area contributed by atoms with Crippen LogP contribution in [0.25, 0.3) is 0 Å². The summed E-state index contributed by atoms with van der Waals surface area (Å²) in [6.07, 6.45) is -5.28. The zero-order valence-electron chi connectivity index (χ0n) is 21.8. The smallest absolute Gasteiger partial charge is 0.405 e. The van der Waals surface area contributed by atoms with Crippen LogP contribution in [0.2, 0.25) is 0 Å². The van der Waals surface area contributed by atoms with Crippen molar-refractivity contribution >= 4 is 34.0 Å². The molecule has 0 aromatic carbocycles. The Balaban J connectivity index is 1.18. The van der Waals surface area contributed by atoms with E-state index in [1.807, 2.05) is 0 Å². The van der Waals surface area contributed by atoms with Crippen LogP contribution in [-0.2, 0) is 57.7 Å². The fourth-order valence-corrected chi connectivity index (χ4v) is 6.93. The minimum atomic E-state index is -5.84. The van der Waals surface area contributed by atoms with Gasteiger partial charge in [-0.25, -0.2) is 0 Å². The first kappa shape index (κ1) is 29.1. The molecule has 5 rings (SSSR count). The molecule has 0 saturated carbocycles. The summed E-state index contributed by atoms with van der Waals surface area (Å²) in [5.74, 6) is -5.77. The topological polar surface area (TPSA) is 178 Å². The lowest BCUT2D eigenvalue weighted by atomic mass is 9.77. The molecular weight excluding hydrogens is 566 g/mol. The van der Waals surface area contributed by atoms with Gasteiger partial charge in [-0.1, -0.05) is 0 Å². The minimum Gasteiger partial charge on any atom is -0.459 e. The van der Waals surface area contributed by atoms with Gasteiger partial charge in [0.15, 0.2) is 18.3 Å². The van der Waals surface area contributed by atoms with Crippen LogP contribution in [0, 0.1) is 17.8 Å². The average molecular weight is 597 g/mol. The fourth-order valence-electron chi connectivity index (χ4n) is 6.46. The molecule has 10 atom stereocenters. The van der Waals surface area contributed by atoms with Crippen LogP contribution in [0.5, 0.6) is 0 Å². The molecule has 5 aliphatic heterocycles. The Morgan fingerprint density at radius 3 is 2.35 bits per heavy atom. The number of rotatable bonds is 10. The van der Waals surface area contributed by atoms with E-state index >= 15 is 0 Å². The van der Waals surface area contributed by atoms with Gasteiger partial charge < -0.3 is 28.4 Å². The highest BCUT2D eigenvalue weighted by molar-refractivity contribution is 7.86. The Labute approximate surface area is 227 Å². The summed E-state index contributed by atoms with van der Waals surface area (Å²) in [7, 11) is -5.84. The maximum absolute atomic E-state index is 13.6. The highest BCUT2D eigenvalue weighted by atomic mass is 32.2. The number of alkyl halides is 2. The molecule has 16 heteroatoms. The van der Waals surface area contributed by atoms with Crippen molar-refractivity contribution in [2.24, 2.45) is 17.8 Å². The molecule has 0 radical (unpaired) electrons. The van der Waals surface area contributed by atoms with Gasteiger partial charge in [-0.15, -0.1) is 0 Å². The maximum atomic E-state index is 13.6. The van der Waals surface area contributed by atoms with Crippen molar-refractivity contribution in [3.63, 3.8) is 0 Å². The second kappa shape index (κ2) is 9.84. The van der Waals surface area contributed by atoms with Crippen LogP contribution >= 0.6 is 0 Å². The van der Waals surface area contributed by atoms with Gasteiger partial charge in [-0.3, -0.25) is 23.7 Å². The second-order valence-electron chi connectivity index (χ2n) is 11.4. The first-order chi connectivity index (χ1) is 18.5. The van der Waals surface area contributed by atoms with Gasteiger partial charge in [0.25, 0.3) is 0 Å². The van der Waals surface area contributed by atoms with Crippen LogP contribution < -0.4 is 0 Å². The van der Waals surface area contributed by atoms with Gasteiger partial charge in [0.1, 0.15) is 29.6 Å². The lowest BCUT2D eigenvalue weighted by Crippen LogP contribution is -2.50. The molecule has 0 amide bonds. The van der Waals surface area contributed by atoms with Gasteiger partial charge in [-0.2, -0.15) is 17.2 Å². The summed E-state index contributed by atoms with van der Waals surface area (Å²) in [5.41, 5.74) is -0.892. The van der Waals surface area contributed by atoms with Crippen LogP contribution in [0.4, 0.5) is 8.78 Å². The van der Waals surface area contributed by atoms with Gasteiger partial charge in [-0.05, 0) is 40.0 Å². The first-order valence-corrected chi connectivity index (χ1v) is 14.4. The minimum absolute atomic E-state index is 0.0208. The molecule has 5 saturated heterocycles. The predicted molar refractivity (Wildman–Crippen MR) is 123 cm³/mol. The molecule has 1 N–H and O–H groups in total. The van der Waals surface area contributed by atoms with Crippen molar-refractivity contribution in [1.82, 2.24) is 0 Å². The largest absolute Gasteiger partial charge is 0.459 e. The third-order valence-corrected chi connectivity index (χ3v) is 9.49. The molecule has 13 nitrogen and oxygen atoms in total. The Morgan fingerprint density at radius 2 is 1.75 bits per heavy atom. The monoisotopic (exact) mass is 596 g/mol. The van der Waals surface area contributed by atoms with E-state index in [-0.39, 0.29) is 18.1 Å². The van der Waals surface area contributed by atoms with Gasteiger partial charge in [0, 0.05) is 5.92 Å². The van der Waals surface area contributed by atoms with E-state index in [1.54, 1.807) is 13.8 Å². The summed E-state index contributed by atoms with van der Waals surface area (Å²) in [4.78, 5) is 50.3. The first-order valence-electron chi connectivity index (χ1n) is 13.0. The molecular formula is C24H30F2O13S. The number of hydrogen-bond donors (Lipinski definition) is 1.